The van der Waals surface area contributed by atoms with Gasteiger partial charge in [0, 0.05) is 86.7 Å². The molecule has 0 N–H and O–H groups in total. The van der Waals surface area contributed by atoms with Crippen molar-refractivity contribution in [3.05, 3.63) is 423 Å². The van der Waals surface area contributed by atoms with Gasteiger partial charge in [0.2, 0.25) is 0 Å². The number of hydrazone groups is 1. The van der Waals surface area contributed by atoms with Crippen LogP contribution in [0.4, 0.5) is 73.9 Å². The van der Waals surface area contributed by atoms with E-state index in [4.69, 9.17) is 28.3 Å². The third-order valence-corrected chi connectivity index (χ3v) is 31.1. The zero-order chi connectivity index (χ0) is 107. The molecule has 0 saturated heterocycles. The summed E-state index contributed by atoms with van der Waals surface area (Å²) in [6, 6.07) is 71.1. The van der Waals surface area contributed by atoms with Gasteiger partial charge in [0.05, 0.1) is 42.0 Å². The van der Waals surface area contributed by atoms with Crippen LogP contribution in [-0.2, 0) is 0 Å². The molecule has 13 aromatic rings. The number of benzene rings is 13. The monoisotopic (exact) mass is 2020 g/mol. The Morgan fingerprint density at radius 3 is 0.762 bits per heavy atom. The number of anilines is 13. The lowest BCUT2D eigenvalue weighted by molar-refractivity contribution is 0.826. The molecule has 147 heavy (non-hydrogen) atoms. The van der Waals surface area contributed by atoms with Crippen molar-refractivity contribution in [2.24, 2.45) is 5.10 Å². The number of aryl methyl sites for hydroxylation is 30. The van der Waals surface area contributed by atoms with Gasteiger partial charge in [0.1, 0.15) is 30.3 Å². The van der Waals surface area contributed by atoms with Gasteiger partial charge in [0.25, 0.3) is 0 Å². The summed E-state index contributed by atoms with van der Waals surface area (Å²) in [5.41, 5.74) is 62.6. The highest BCUT2D eigenvalue weighted by Crippen LogP contribution is 2.51. The Bertz CT molecular complexity index is 6650. The van der Waals surface area contributed by atoms with Gasteiger partial charge in [-0.25, -0.2) is 5.01 Å². The zero-order valence-electron chi connectivity index (χ0n) is 95.1. The van der Waals surface area contributed by atoms with Gasteiger partial charge in [-0.2, -0.15) is 5.10 Å². The molecule has 15 heteroatoms. The van der Waals surface area contributed by atoms with Crippen LogP contribution in [0.1, 0.15) is 244 Å². The average Bonchev–Trinajstić information content (AvgIpc) is 1.59. The number of halogens is 2. The topological polar surface area (TPSA) is 48.0 Å². The summed E-state index contributed by atoms with van der Waals surface area (Å²) in [6.45, 7) is 85.1. The first kappa shape index (κ1) is 110. The first-order valence-corrected chi connectivity index (χ1v) is 54.1. The predicted octanol–water partition coefficient (Wildman–Crippen LogP) is 36.1. The molecule has 768 valence electrons. The van der Waals surface area contributed by atoms with Crippen LogP contribution in [0.25, 0.3) is 0 Å². The number of amidine groups is 1. The Kier molecular flexibility index (Phi) is 34.3. The molecule has 0 amide bonds. The Morgan fingerprint density at radius 2 is 0.483 bits per heavy atom. The van der Waals surface area contributed by atoms with E-state index >= 15 is 0 Å². The van der Waals surface area contributed by atoms with E-state index < -0.39 is 0 Å². The quantitative estimate of drug-likeness (QED) is 0.0975. The summed E-state index contributed by atoms with van der Waals surface area (Å²) >= 11 is 15.2. The molecule has 0 bridgehead atoms. The van der Waals surface area contributed by atoms with Crippen molar-refractivity contribution in [2.45, 2.75) is 268 Å². The largest absolute Gasteiger partial charge is 0.337 e. The first-order chi connectivity index (χ1) is 69.5. The summed E-state index contributed by atoms with van der Waals surface area (Å²) in [5.74, 6) is 3.19. The molecule has 6 aliphatic rings. The van der Waals surface area contributed by atoms with Crippen molar-refractivity contribution < 1.29 is 0 Å². The second-order valence-electron chi connectivity index (χ2n) is 43.4. The van der Waals surface area contributed by atoms with Crippen LogP contribution in [0.15, 0.2) is 244 Å². The minimum absolute atomic E-state index is 0.568. The van der Waals surface area contributed by atoms with Gasteiger partial charge < -0.3 is 49.0 Å². The van der Waals surface area contributed by atoms with E-state index in [1.165, 1.54) is 257 Å². The highest BCUT2D eigenvalue weighted by atomic mass is 35.5. The number of hydrogen-bond acceptors (Lipinski definition) is 13. The van der Waals surface area contributed by atoms with Gasteiger partial charge in [-0.15, -0.1) is 11.8 Å². The smallest absolute Gasteiger partial charge is 0.162 e. The van der Waals surface area contributed by atoms with E-state index in [1.54, 1.807) is 0 Å². The van der Waals surface area contributed by atoms with Gasteiger partial charge in [-0.3, -0.25) is 0 Å². The second-order valence-corrected chi connectivity index (χ2v) is 45.3. The molecule has 0 atom stereocenters. The number of allylic oxidation sites excluding steroid dienone is 3. The molecule has 0 unspecified atom stereocenters. The Labute approximate surface area is 897 Å². The van der Waals surface area contributed by atoms with E-state index in [-0.39, 0.29) is 0 Å². The SMILES string of the molecule is CC1=C(C)N(c2c(C)cc(C)cc2C)CN1c1c(C)cc(C)cc1C.CC1=CN(c2c(C(C)C)cccc2C(C)C)CS1.Cc1cc(C)c(N2C=CN(c3c(C)cc(C)cc3C)C2)c(C)c1.Cc1cc(C)c(N2CN(c3c(C)cc(C)cc3C)C(Cl)=C2Cl)c(C)c1.Cc1cc(C)c(N2CN(c3c(C)cc(C)cc3C)C(c3ccccc3)=N2)c(C)c1.Cc1cc(C)c(N2CN(c3c(C)cc(C)cc3C)c3ccccc32)c(C)c1. The third-order valence-electron chi connectivity index (χ3n) is 29.3. The molecule has 19 rings (SSSR count). The minimum atomic E-state index is 0.568. The molecule has 13 aromatic carbocycles. The first-order valence-electron chi connectivity index (χ1n) is 52.4. The highest BCUT2D eigenvalue weighted by molar-refractivity contribution is 8.03. The summed E-state index contributed by atoms with van der Waals surface area (Å²) in [6.07, 6.45) is 6.69. The van der Waals surface area contributed by atoms with Crippen LogP contribution in [0.3, 0.4) is 0 Å². The van der Waals surface area contributed by atoms with Crippen LogP contribution < -0.4 is 54.0 Å². The molecule has 0 aromatic heterocycles. The van der Waals surface area contributed by atoms with Crippen molar-refractivity contribution in [2.75, 3.05) is 93.2 Å². The minimum Gasteiger partial charge on any atom is -0.337 e. The molecular weight excluding hydrogens is 1860 g/mol. The lowest BCUT2D eigenvalue weighted by atomic mass is 9.92. The van der Waals surface area contributed by atoms with Crippen molar-refractivity contribution >= 4 is 115 Å². The van der Waals surface area contributed by atoms with Gasteiger partial charge >= 0.3 is 0 Å². The van der Waals surface area contributed by atoms with Crippen LogP contribution in [0.2, 0.25) is 0 Å². The number of rotatable bonds is 14. The summed E-state index contributed by atoms with van der Waals surface area (Å²) in [5, 5.41) is 8.44. The number of thioether (sulfide) groups is 1. The lowest BCUT2D eigenvalue weighted by Crippen LogP contribution is -2.33. The van der Waals surface area contributed by atoms with E-state index in [2.05, 4.69) is 523 Å². The fraction of sp³-hybridized carbons (Fsp3) is 0.341. The highest BCUT2D eigenvalue weighted by Gasteiger charge is 2.37. The average molecular weight is 2020 g/mol. The third kappa shape index (κ3) is 23.8. The van der Waals surface area contributed by atoms with Crippen LogP contribution in [0.5, 0.6) is 0 Å². The maximum absolute atomic E-state index is 6.66. The zero-order valence-corrected chi connectivity index (χ0v) is 97.5. The van der Waals surface area contributed by atoms with Gasteiger partial charge in [-0.1, -0.05) is 289 Å². The Balaban J connectivity index is 0.000000140. The molecular formula is C132H160Cl2N12S. The molecule has 0 spiro atoms. The normalized spacial score (nSPS) is 14.3. The molecule has 6 aliphatic heterocycles. The van der Waals surface area contributed by atoms with E-state index in [0.717, 1.165) is 48.7 Å². The molecule has 0 saturated carbocycles. The number of nitrogens with zero attached hydrogens (tertiary/aromatic N) is 12. The summed E-state index contributed by atoms with van der Waals surface area (Å²) < 4.78 is 0. The van der Waals surface area contributed by atoms with Crippen LogP contribution >= 0.6 is 35.0 Å². The van der Waals surface area contributed by atoms with Crippen molar-refractivity contribution in [1.29, 1.82) is 0 Å². The standard InChI is InChI=1S/C26H29N3.C25H28N2.C23H30N2.C21H24Cl2N2.C21H26N2.C16H23NS/c1-17-12-19(3)24(20(4)13-17)28-16-29(25-21(5)14-18(2)15-22(25)6)27-26(28)23-10-8-7-9-11-23;1-16-11-18(3)24(19(4)12-16)26-15-27(23-10-8-7-9-22(23)26)25-20(5)13-17(2)14-21(25)6;1-14-9-16(3)22(17(4)10-14)24-13-25(21(8)20(24)7)23-18(5)11-15(2)12-19(23)6;1-12-7-14(3)18(15(4)8-12)24-11-25(21(23)20(24)22)19-16(5)9-13(2)10-17(19)6;1-14-9-16(3)20(17(4)10-14)22-7-8-23(13-22)21-18(5)11-15(2)12-19(21)6;1-11(2)14-7-6-8-15(12(3)4)16(14)17-9-13(5)18-10-17/h7-15H,16H2,1-6H3;7-14H,15H2,1-6H3;9-12H,13H2,1-8H3;7-10H,11H2,1-6H3;7-12H,13H2,1-6H3;6-9,11-12H,10H2,1-5H3. The molecule has 6 heterocycles. The molecule has 0 fully saturated rings. The fourth-order valence-corrected chi connectivity index (χ4v) is 25.5. The number of fused-ring (bicyclic) bond motifs is 1. The molecule has 0 aliphatic carbocycles. The summed E-state index contributed by atoms with van der Waals surface area (Å²) in [4.78, 5) is 25.0. The maximum Gasteiger partial charge on any atom is 0.162 e. The lowest BCUT2D eigenvalue weighted by Gasteiger charge is -2.28. The van der Waals surface area contributed by atoms with E-state index in [0.29, 0.717) is 35.5 Å². The predicted molar refractivity (Wildman–Crippen MR) is 644 cm³/mol. The second kappa shape index (κ2) is 45.9. The number of hydrogen-bond donors (Lipinski definition) is 0. The Morgan fingerprint density at radius 1 is 0.238 bits per heavy atom. The molecule has 0 radical (unpaired) electrons. The van der Waals surface area contributed by atoms with E-state index in [9.17, 15) is 0 Å². The summed E-state index contributed by atoms with van der Waals surface area (Å²) in [7, 11) is 0. The van der Waals surface area contributed by atoms with E-state index in [1.807, 2.05) is 11.8 Å². The fourth-order valence-electron chi connectivity index (χ4n) is 24.3. The van der Waals surface area contributed by atoms with Gasteiger partial charge in [0.15, 0.2) is 5.84 Å². The van der Waals surface area contributed by atoms with Gasteiger partial charge in [-0.05, 0) is 380 Å². The maximum atomic E-state index is 6.66. The van der Waals surface area contributed by atoms with Crippen LogP contribution in [-0.4, -0.2) is 45.1 Å². The van der Waals surface area contributed by atoms with Crippen molar-refractivity contribution in [3.8, 4) is 0 Å². The van der Waals surface area contributed by atoms with Crippen molar-refractivity contribution in [3.63, 3.8) is 0 Å². The Hall–Kier alpha value is -12.8. The van der Waals surface area contributed by atoms with Crippen LogP contribution in [0, 0.1) is 208 Å². The van der Waals surface area contributed by atoms with Crippen molar-refractivity contribution in [1.82, 2.24) is 0 Å². The molecule has 12 nitrogen and oxygen atoms in total. The number of para-hydroxylation sites is 3.